The number of carbonyl (C=O) groups excluding carboxylic acids is 1. The first kappa shape index (κ1) is 12.8. The lowest BCUT2D eigenvalue weighted by atomic mass is 10.4. The summed E-state index contributed by atoms with van der Waals surface area (Å²) in [5.41, 5.74) is 0. The number of esters is 1. The third-order valence-electron chi connectivity index (χ3n) is 2.43. The van der Waals surface area contributed by atoms with Crippen molar-refractivity contribution in [1.29, 1.82) is 0 Å². The molecule has 1 heterocycles. The highest BCUT2D eigenvalue weighted by molar-refractivity contribution is 7.98. The summed E-state index contributed by atoms with van der Waals surface area (Å²) in [6.07, 6.45) is 2.52. The van der Waals surface area contributed by atoms with Gasteiger partial charge in [-0.05, 0) is 6.26 Å². The van der Waals surface area contributed by atoms with Gasteiger partial charge in [-0.25, -0.2) is 0 Å². The molecule has 1 fully saturated rings. The van der Waals surface area contributed by atoms with Crippen LogP contribution in [0.5, 0.6) is 0 Å². The Bertz CT molecular complexity index is 184. The molecule has 0 aromatic rings. The average Bonchev–Trinajstić information content (AvgIpc) is 2.28. The van der Waals surface area contributed by atoms with E-state index in [1.165, 1.54) is 4.90 Å². The van der Waals surface area contributed by atoms with E-state index in [0.29, 0.717) is 13.0 Å². The molecule has 15 heavy (non-hydrogen) atoms. The van der Waals surface area contributed by atoms with Crippen LogP contribution in [0.4, 0.5) is 0 Å². The van der Waals surface area contributed by atoms with Crippen molar-refractivity contribution in [1.82, 2.24) is 0 Å². The smallest absolute Gasteiger partial charge is 0.306 e. The SMILES string of the molecule is CSCCC(=O)OCC[NH+]1CCOCC1. The lowest BCUT2D eigenvalue weighted by Crippen LogP contribution is -3.14. The first-order valence-corrected chi connectivity index (χ1v) is 6.78. The van der Waals surface area contributed by atoms with Crippen LogP contribution in [0.3, 0.4) is 0 Å². The number of morpholine rings is 1. The highest BCUT2D eigenvalue weighted by atomic mass is 32.2. The third-order valence-corrected chi connectivity index (χ3v) is 3.04. The monoisotopic (exact) mass is 234 g/mol. The van der Waals surface area contributed by atoms with Crippen LogP contribution in [-0.4, -0.2) is 57.4 Å². The molecule has 0 aliphatic carbocycles. The second-order valence-corrected chi connectivity index (χ2v) is 4.56. The van der Waals surface area contributed by atoms with Crippen LogP contribution < -0.4 is 4.90 Å². The van der Waals surface area contributed by atoms with Crippen molar-refractivity contribution < 1.29 is 19.2 Å². The Kier molecular flexibility index (Phi) is 6.80. The van der Waals surface area contributed by atoms with Crippen molar-refractivity contribution in [3.05, 3.63) is 0 Å². The van der Waals surface area contributed by atoms with Crippen LogP contribution in [0.25, 0.3) is 0 Å². The van der Waals surface area contributed by atoms with Crippen LogP contribution >= 0.6 is 11.8 Å². The normalized spacial score (nSPS) is 17.7. The van der Waals surface area contributed by atoms with Crippen molar-refractivity contribution in [2.45, 2.75) is 6.42 Å². The van der Waals surface area contributed by atoms with Gasteiger partial charge < -0.3 is 14.4 Å². The van der Waals surface area contributed by atoms with Crippen LogP contribution in [0, 0.1) is 0 Å². The van der Waals surface area contributed by atoms with Gasteiger partial charge in [0.1, 0.15) is 26.2 Å². The zero-order chi connectivity index (χ0) is 10.9. The van der Waals surface area contributed by atoms with Crippen molar-refractivity contribution in [2.24, 2.45) is 0 Å². The minimum Gasteiger partial charge on any atom is -0.460 e. The van der Waals surface area contributed by atoms with Gasteiger partial charge in [0.15, 0.2) is 0 Å². The fourth-order valence-electron chi connectivity index (χ4n) is 1.48. The molecule has 0 atom stereocenters. The lowest BCUT2D eigenvalue weighted by Gasteiger charge is -2.23. The molecule has 0 spiro atoms. The number of hydrogen-bond acceptors (Lipinski definition) is 4. The van der Waals surface area contributed by atoms with Gasteiger partial charge in [-0.15, -0.1) is 0 Å². The summed E-state index contributed by atoms with van der Waals surface area (Å²) in [6, 6.07) is 0. The quantitative estimate of drug-likeness (QED) is 0.611. The molecule has 0 radical (unpaired) electrons. The number of hydrogen-bond donors (Lipinski definition) is 1. The van der Waals surface area contributed by atoms with E-state index >= 15 is 0 Å². The van der Waals surface area contributed by atoms with E-state index in [0.717, 1.165) is 38.6 Å². The molecule has 0 bridgehead atoms. The maximum atomic E-state index is 11.2. The third kappa shape index (κ3) is 6.02. The van der Waals surface area contributed by atoms with Gasteiger partial charge >= 0.3 is 5.97 Å². The summed E-state index contributed by atoms with van der Waals surface area (Å²) >= 11 is 1.67. The number of thioether (sulfide) groups is 1. The average molecular weight is 234 g/mol. The van der Waals surface area contributed by atoms with Gasteiger partial charge in [0.05, 0.1) is 19.6 Å². The van der Waals surface area contributed by atoms with E-state index in [9.17, 15) is 4.79 Å². The van der Waals surface area contributed by atoms with Crippen LogP contribution in [0.15, 0.2) is 0 Å². The standard InChI is InChI=1S/C10H19NO3S/c1-15-9-2-10(12)14-8-5-11-3-6-13-7-4-11/h2-9H2,1H3/p+1. The van der Waals surface area contributed by atoms with Crippen LogP contribution in [-0.2, 0) is 14.3 Å². The first-order valence-electron chi connectivity index (χ1n) is 5.39. The Labute approximate surface area is 95.3 Å². The summed E-state index contributed by atoms with van der Waals surface area (Å²) in [4.78, 5) is 12.6. The van der Waals surface area contributed by atoms with Crippen LogP contribution in [0.1, 0.15) is 6.42 Å². The molecule has 5 heteroatoms. The number of rotatable bonds is 6. The van der Waals surface area contributed by atoms with Crippen molar-refractivity contribution in [3.63, 3.8) is 0 Å². The maximum absolute atomic E-state index is 11.2. The highest BCUT2D eigenvalue weighted by Gasteiger charge is 2.13. The number of ether oxygens (including phenoxy) is 2. The molecule has 1 saturated heterocycles. The van der Waals surface area contributed by atoms with E-state index in [-0.39, 0.29) is 5.97 Å². The van der Waals surface area contributed by atoms with Gasteiger partial charge in [-0.3, -0.25) is 4.79 Å². The van der Waals surface area contributed by atoms with Crippen molar-refractivity contribution in [2.75, 3.05) is 51.5 Å². The summed E-state index contributed by atoms with van der Waals surface area (Å²) in [6.45, 7) is 5.17. The van der Waals surface area contributed by atoms with Crippen molar-refractivity contribution >= 4 is 17.7 Å². The number of nitrogens with one attached hydrogen (secondary N) is 1. The molecule has 1 aliphatic heterocycles. The topological polar surface area (TPSA) is 40.0 Å². The second-order valence-electron chi connectivity index (χ2n) is 3.58. The molecule has 0 amide bonds. The maximum Gasteiger partial charge on any atom is 0.306 e. The summed E-state index contributed by atoms with van der Waals surface area (Å²) in [5.74, 6) is 0.778. The predicted molar refractivity (Wildman–Crippen MR) is 60.3 cm³/mol. The Morgan fingerprint density at radius 2 is 2.20 bits per heavy atom. The molecule has 0 aromatic heterocycles. The first-order chi connectivity index (χ1) is 7.33. The zero-order valence-electron chi connectivity index (χ0n) is 9.29. The Morgan fingerprint density at radius 1 is 1.47 bits per heavy atom. The van der Waals surface area contributed by atoms with E-state index in [4.69, 9.17) is 9.47 Å². The Hall–Kier alpha value is -0.260. The summed E-state index contributed by atoms with van der Waals surface area (Å²) < 4.78 is 10.4. The van der Waals surface area contributed by atoms with Gasteiger partial charge in [-0.1, -0.05) is 0 Å². The molecular formula is C10H20NO3S+. The minimum absolute atomic E-state index is 0.0722. The summed E-state index contributed by atoms with van der Waals surface area (Å²) in [7, 11) is 0. The molecule has 88 valence electrons. The predicted octanol–water partition coefficient (Wildman–Crippen LogP) is -0.802. The number of carbonyl (C=O) groups is 1. The Morgan fingerprint density at radius 3 is 2.87 bits per heavy atom. The zero-order valence-corrected chi connectivity index (χ0v) is 10.1. The van der Waals surface area contributed by atoms with Crippen LogP contribution in [0.2, 0.25) is 0 Å². The molecule has 1 rings (SSSR count). The molecule has 1 aliphatic rings. The largest absolute Gasteiger partial charge is 0.460 e. The fraction of sp³-hybridized carbons (Fsp3) is 0.900. The van der Waals surface area contributed by atoms with Gasteiger partial charge in [0.2, 0.25) is 0 Å². The van der Waals surface area contributed by atoms with E-state index in [1.54, 1.807) is 11.8 Å². The van der Waals surface area contributed by atoms with Crippen molar-refractivity contribution in [3.8, 4) is 0 Å². The molecule has 1 N–H and O–H groups in total. The number of quaternary nitrogens is 1. The Balaban J connectivity index is 1.97. The lowest BCUT2D eigenvalue weighted by molar-refractivity contribution is -0.908. The molecule has 0 aromatic carbocycles. The highest BCUT2D eigenvalue weighted by Crippen LogP contribution is 1.96. The van der Waals surface area contributed by atoms with E-state index < -0.39 is 0 Å². The molecular weight excluding hydrogens is 214 g/mol. The van der Waals surface area contributed by atoms with E-state index in [1.807, 2.05) is 6.26 Å². The molecule has 0 unspecified atom stereocenters. The minimum atomic E-state index is -0.0722. The molecule has 4 nitrogen and oxygen atoms in total. The summed E-state index contributed by atoms with van der Waals surface area (Å²) in [5, 5.41) is 0. The second kappa shape index (κ2) is 7.96. The van der Waals surface area contributed by atoms with Gasteiger partial charge in [0.25, 0.3) is 0 Å². The molecule has 0 saturated carbocycles. The van der Waals surface area contributed by atoms with Gasteiger partial charge in [-0.2, -0.15) is 11.8 Å². The van der Waals surface area contributed by atoms with E-state index in [2.05, 4.69) is 0 Å². The van der Waals surface area contributed by atoms with Gasteiger partial charge in [0, 0.05) is 5.75 Å². The fourth-order valence-corrected chi connectivity index (χ4v) is 1.85.